The van der Waals surface area contributed by atoms with Crippen LogP contribution in [0.4, 0.5) is 4.39 Å². The summed E-state index contributed by atoms with van der Waals surface area (Å²) in [5, 5.41) is 3.29. The second kappa shape index (κ2) is 7.34. The van der Waals surface area contributed by atoms with Gasteiger partial charge in [0, 0.05) is 12.6 Å². The number of ether oxygens (including phenoxy) is 2. The van der Waals surface area contributed by atoms with Crippen molar-refractivity contribution in [3.05, 3.63) is 29.6 Å². The predicted molar refractivity (Wildman–Crippen MR) is 70.5 cm³/mol. The van der Waals surface area contributed by atoms with Crippen molar-refractivity contribution in [3.8, 4) is 5.75 Å². The van der Waals surface area contributed by atoms with Crippen LogP contribution in [0.25, 0.3) is 0 Å². The molecular weight excluding hydrogens is 233 g/mol. The Hall–Kier alpha value is -1.13. The zero-order valence-electron chi connectivity index (χ0n) is 11.5. The van der Waals surface area contributed by atoms with E-state index in [0.717, 1.165) is 12.1 Å². The standard InChI is InChI=1S/C14H22FNO2/c1-10(2)18-8-7-16-11(3)12-5-6-14(17-4)13(15)9-12/h5-6,9-11,16H,7-8H2,1-4H3. The van der Waals surface area contributed by atoms with Gasteiger partial charge in [0.05, 0.1) is 19.8 Å². The van der Waals surface area contributed by atoms with Gasteiger partial charge in [0.2, 0.25) is 0 Å². The summed E-state index contributed by atoms with van der Waals surface area (Å²) < 4.78 is 23.8. The molecule has 1 unspecified atom stereocenters. The van der Waals surface area contributed by atoms with E-state index in [0.29, 0.717) is 6.61 Å². The van der Waals surface area contributed by atoms with Gasteiger partial charge in [-0.3, -0.25) is 0 Å². The Morgan fingerprint density at radius 3 is 2.56 bits per heavy atom. The summed E-state index contributed by atoms with van der Waals surface area (Å²) in [6, 6.07) is 5.09. The fourth-order valence-corrected chi connectivity index (χ4v) is 1.64. The van der Waals surface area contributed by atoms with Crippen LogP contribution in [-0.2, 0) is 4.74 Å². The number of nitrogens with one attached hydrogen (secondary N) is 1. The van der Waals surface area contributed by atoms with Crippen LogP contribution in [0, 0.1) is 5.82 Å². The van der Waals surface area contributed by atoms with Gasteiger partial charge in [0.15, 0.2) is 11.6 Å². The third-order valence-electron chi connectivity index (χ3n) is 2.68. The number of hydrogen-bond acceptors (Lipinski definition) is 3. The zero-order chi connectivity index (χ0) is 13.5. The second-order valence-corrected chi connectivity index (χ2v) is 4.49. The Morgan fingerprint density at radius 2 is 2.00 bits per heavy atom. The molecule has 0 aromatic heterocycles. The predicted octanol–water partition coefficient (Wildman–Crippen LogP) is 2.91. The molecule has 0 aliphatic carbocycles. The molecule has 4 heteroatoms. The summed E-state index contributed by atoms with van der Waals surface area (Å²) in [5.74, 6) is -0.0591. The Balaban J connectivity index is 2.46. The van der Waals surface area contributed by atoms with Crippen molar-refractivity contribution in [2.45, 2.75) is 32.9 Å². The Morgan fingerprint density at radius 1 is 1.28 bits per heavy atom. The van der Waals surface area contributed by atoms with Crippen LogP contribution < -0.4 is 10.1 Å². The SMILES string of the molecule is COc1ccc(C(C)NCCOC(C)C)cc1F. The summed E-state index contributed by atoms with van der Waals surface area (Å²) in [4.78, 5) is 0. The highest BCUT2D eigenvalue weighted by molar-refractivity contribution is 5.30. The molecule has 0 fully saturated rings. The van der Waals surface area contributed by atoms with E-state index >= 15 is 0 Å². The number of methoxy groups -OCH3 is 1. The lowest BCUT2D eigenvalue weighted by Crippen LogP contribution is -2.24. The van der Waals surface area contributed by atoms with Crippen LogP contribution in [-0.4, -0.2) is 26.4 Å². The molecular formula is C14H22FNO2. The molecule has 102 valence electrons. The maximum atomic E-state index is 13.5. The monoisotopic (exact) mass is 255 g/mol. The van der Waals surface area contributed by atoms with Crippen LogP contribution in [0.5, 0.6) is 5.75 Å². The third kappa shape index (κ3) is 4.63. The van der Waals surface area contributed by atoms with Crippen molar-refractivity contribution in [1.82, 2.24) is 5.32 Å². The van der Waals surface area contributed by atoms with Crippen molar-refractivity contribution < 1.29 is 13.9 Å². The fourth-order valence-electron chi connectivity index (χ4n) is 1.64. The summed E-state index contributed by atoms with van der Waals surface area (Å²) in [6.45, 7) is 7.40. The highest BCUT2D eigenvalue weighted by atomic mass is 19.1. The van der Waals surface area contributed by atoms with E-state index in [1.807, 2.05) is 26.8 Å². The number of rotatable bonds is 7. The molecule has 18 heavy (non-hydrogen) atoms. The van der Waals surface area contributed by atoms with E-state index in [2.05, 4.69) is 5.32 Å². The largest absolute Gasteiger partial charge is 0.494 e. The van der Waals surface area contributed by atoms with Gasteiger partial charge < -0.3 is 14.8 Å². The van der Waals surface area contributed by atoms with E-state index in [1.165, 1.54) is 13.2 Å². The second-order valence-electron chi connectivity index (χ2n) is 4.49. The van der Waals surface area contributed by atoms with Crippen molar-refractivity contribution in [2.24, 2.45) is 0 Å². The molecule has 0 amide bonds. The lowest BCUT2D eigenvalue weighted by molar-refractivity contribution is 0.0796. The van der Waals surface area contributed by atoms with Crippen LogP contribution in [0.1, 0.15) is 32.4 Å². The number of halogens is 1. The van der Waals surface area contributed by atoms with Crippen molar-refractivity contribution in [2.75, 3.05) is 20.3 Å². The topological polar surface area (TPSA) is 30.5 Å². The zero-order valence-corrected chi connectivity index (χ0v) is 11.5. The molecule has 1 aromatic rings. The molecule has 0 saturated heterocycles. The first-order chi connectivity index (χ1) is 8.54. The quantitative estimate of drug-likeness (QED) is 0.760. The molecule has 0 heterocycles. The molecule has 3 nitrogen and oxygen atoms in total. The number of benzene rings is 1. The molecule has 1 N–H and O–H groups in total. The molecule has 1 rings (SSSR count). The lowest BCUT2D eigenvalue weighted by atomic mass is 10.1. The lowest BCUT2D eigenvalue weighted by Gasteiger charge is -2.16. The maximum Gasteiger partial charge on any atom is 0.165 e. The molecule has 0 radical (unpaired) electrons. The molecule has 0 spiro atoms. The minimum Gasteiger partial charge on any atom is -0.494 e. The summed E-state index contributed by atoms with van der Waals surface area (Å²) in [5.41, 5.74) is 0.901. The highest BCUT2D eigenvalue weighted by Crippen LogP contribution is 2.21. The van der Waals surface area contributed by atoms with Crippen molar-refractivity contribution in [3.63, 3.8) is 0 Å². The van der Waals surface area contributed by atoms with Crippen molar-refractivity contribution in [1.29, 1.82) is 0 Å². The van der Waals surface area contributed by atoms with E-state index in [1.54, 1.807) is 6.07 Å². The highest BCUT2D eigenvalue weighted by Gasteiger charge is 2.09. The third-order valence-corrected chi connectivity index (χ3v) is 2.68. The Labute approximate surface area is 108 Å². The van der Waals surface area contributed by atoms with Gasteiger partial charge in [0.1, 0.15) is 0 Å². The maximum absolute atomic E-state index is 13.5. The molecule has 0 aliphatic rings. The minimum absolute atomic E-state index is 0.0844. The van der Waals surface area contributed by atoms with E-state index in [9.17, 15) is 4.39 Å². The van der Waals surface area contributed by atoms with Crippen LogP contribution in [0.2, 0.25) is 0 Å². The van der Waals surface area contributed by atoms with E-state index < -0.39 is 0 Å². The Bertz CT molecular complexity index is 369. The molecule has 1 atom stereocenters. The van der Waals surface area contributed by atoms with Gasteiger partial charge in [-0.2, -0.15) is 0 Å². The average Bonchev–Trinajstić information content (AvgIpc) is 2.34. The molecule has 0 bridgehead atoms. The van der Waals surface area contributed by atoms with Gasteiger partial charge in [-0.15, -0.1) is 0 Å². The van der Waals surface area contributed by atoms with Gasteiger partial charge in [-0.05, 0) is 38.5 Å². The normalized spacial score (nSPS) is 12.8. The molecule has 1 aromatic carbocycles. The Kier molecular flexibility index (Phi) is 6.09. The van der Waals surface area contributed by atoms with Crippen LogP contribution in [0.15, 0.2) is 18.2 Å². The van der Waals surface area contributed by atoms with Crippen LogP contribution >= 0.6 is 0 Å². The van der Waals surface area contributed by atoms with E-state index in [4.69, 9.17) is 9.47 Å². The van der Waals surface area contributed by atoms with Crippen LogP contribution in [0.3, 0.4) is 0 Å². The van der Waals surface area contributed by atoms with E-state index in [-0.39, 0.29) is 23.7 Å². The van der Waals surface area contributed by atoms with Crippen molar-refractivity contribution >= 4 is 0 Å². The molecule has 0 saturated carbocycles. The van der Waals surface area contributed by atoms with Gasteiger partial charge in [-0.25, -0.2) is 4.39 Å². The first-order valence-corrected chi connectivity index (χ1v) is 6.23. The van der Waals surface area contributed by atoms with Gasteiger partial charge >= 0.3 is 0 Å². The first kappa shape index (κ1) is 14.9. The minimum atomic E-state index is -0.331. The van der Waals surface area contributed by atoms with Gasteiger partial charge in [-0.1, -0.05) is 6.07 Å². The first-order valence-electron chi connectivity index (χ1n) is 6.23. The fraction of sp³-hybridized carbons (Fsp3) is 0.571. The molecule has 0 aliphatic heterocycles. The smallest absolute Gasteiger partial charge is 0.165 e. The number of hydrogen-bond donors (Lipinski definition) is 1. The van der Waals surface area contributed by atoms with Gasteiger partial charge in [0.25, 0.3) is 0 Å². The average molecular weight is 255 g/mol. The summed E-state index contributed by atoms with van der Waals surface area (Å²) in [6.07, 6.45) is 0.237. The summed E-state index contributed by atoms with van der Waals surface area (Å²) in [7, 11) is 1.46. The summed E-state index contributed by atoms with van der Waals surface area (Å²) >= 11 is 0.